The number of aromatic amines is 1. The predicted molar refractivity (Wildman–Crippen MR) is 89.3 cm³/mol. The van der Waals surface area contributed by atoms with Crippen LogP contribution < -0.4 is 0 Å². The van der Waals surface area contributed by atoms with E-state index < -0.39 is 0 Å². The molecule has 1 aromatic carbocycles. The minimum atomic E-state index is 0.377. The van der Waals surface area contributed by atoms with Crippen molar-refractivity contribution in [2.75, 3.05) is 0 Å². The quantitative estimate of drug-likeness (QED) is 0.544. The van der Waals surface area contributed by atoms with Crippen LogP contribution in [0, 0.1) is 0 Å². The van der Waals surface area contributed by atoms with Gasteiger partial charge in [-0.1, -0.05) is 17.3 Å². The van der Waals surface area contributed by atoms with Gasteiger partial charge in [-0.25, -0.2) is 0 Å². The highest BCUT2D eigenvalue weighted by Gasteiger charge is 2.15. The largest absolute Gasteiger partial charge is 0.472 e. The summed E-state index contributed by atoms with van der Waals surface area (Å²) in [4.78, 5) is 4.46. The van der Waals surface area contributed by atoms with Crippen LogP contribution >= 0.6 is 0 Å². The number of rotatable bonds is 3. The van der Waals surface area contributed by atoms with Crippen molar-refractivity contribution in [3.05, 3.63) is 49.1 Å². The van der Waals surface area contributed by atoms with Gasteiger partial charge < -0.3 is 8.94 Å². The molecule has 0 saturated carbocycles. The lowest BCUT2D eigenvalue weighted by Gasteiger charge is -1.97. The van der Waals surface area contributed by atoms with Gasteiger partial charge in [0.05, 0.1) is 29.9 Å². The molecule has 0 atom stereocenters. The van der Waals surface area contributed by atoms with Gasteiger partial charge in [-0.3, -0.25) is 9.78 Å². The third-order valence-electron chi connectivity index (χ3n) is 4.06. The number of H-pyrrole nitrogens is 1. The lowest BCUT2D eigenvalue weighted by atomic mass is 10.1. The van der Waals surface area contributed by atoms with Gasteiger partial charge in [-0.15, -0.1) is 0 Å². The number of aromatic nitrogens is 6. The standard InChI is InChI=1S/C17H12N6O2/c1-23-15-6-10(2-3-11(15)8-18-23)16-19-17(25-22-16)14-7-13(20-21-14)12-4-5-24-9-12/h2-9H,1H3,(H,20,21). The van der Waals surface area contributed by atoms with Gasteiger partial charge in [-0.2, -0.15) is 15.2 Å². The van der Waals surface area contributed by atoms with Crippen LogP contribution in [0.15, 0.2) is 58.0 Å². The Labute approximate surface area is 141 Å². The lowest BCUT2D eigenvalue weighted by molar-refractivity contribution is 0.431. The highest BCUT2D eigenvalue weighted by Crippen LogP contribution is 2.26. The first kappa shape index (κ1) is 13.7. The van der Waals surface area contributed by atoms with Crippen molar-refractivity contribution < 1.29 is 8.94 Å². The Morgan fingerprint density at radius 3 is 2.96 bits per heavy atom. The molecule has 0 aliphatic heterocycles. The van der Waals surface area contributed by atoms with Crippen LogP contribution in [0.25, 0.3) is 45.1 Å². The second-order valence-electron chi connectivity index (χ2n) is 5.64. The van der Waals surface area contributed by atoms with Crippen LogP contribution in [0.4, 0.5) is 0 Å². The molecule has 4 heterocycles. The number of nitrogens with one attached hydrogen (secondary N) is 1. The number of hydrogen-bond acceptors (Lipinski definition) is 6. The summed E-state index contributed by atoms with van der Waals surface area (Å²) in [6.07, 6.45) is 5.05. The van der Waals surface area contributed by atoms with E-state index >= 15 is 0 Å². The van der Waals surface area contributed by atoms with Gasteiger partial charge in [0.2, 0.25) is 5.82 Å². The molecule has 25 heavy (non-hydrogen) atoms. The summed E-state index contributed by atoms with van der Waals surface area (Å²) in [5.41, 5.74) is 4.15. The van der Waals surface area contributed by atoms with Crippen molar-refractivity contribution in [2.24, 2.45) is 7.05 Å². The maximum absolute atomic E-state index is 5.38. The Morgan fingerprint density at radius 1 is 1.12 bits per heavy atom. The number of aryl methyl sites for hydroxylation is 1. The Bertz CT molecular complexity index is 1170. The Balaban J connectivity index is 1.51. The fraction of sp³-hybridized carbons (Fsp3) is 0.0588. The summed E-state index contributed by atoms with van der Waals surface area (Å²) in [6, 6.07) is 9.60. The molecule has 0 saturated heterocycles. The third kappa shape index (κ3) is 2.23. The molecule has 0 amide bonds. The molecule has 4 aromatic heterocycles. The van der Waals surface area contributed by atoms with Gasteiger partial charge in [-0.05, 0) is 18.2 Å². The maximum Gasteiger partial charge on any atom is 0.276 e. The molecule has 0 aliphatic rings. The van der Waals surface area contributed by atoms with Crippen molar-refractivity contribution in [1.82, 2.24) is 30.1 Å². The summed E-state index contributed by atoms with van der Waals surface area (Å²) in [5.74, 6) is 0.889. The lowest BCUT2D eigenvalue weighted by Crippen LogP contribution is -1.89. The smallest absolute Gasteiger partial charge is 0.276 e. The Morgan fingerprint density at radius 2 is 2.08 bits per heavy atom. The van der Waals surface area contributed by atoms with E-state index in [0.29, 0.717) is 17.4 Å². The van der Waals surface area contributed by atoms with Crippen LogP contribution in [-0.4, -0.2) is 30.1 Å². The van der Waals surface area contributed by atoms with Crippen molar-refractivity contribution in [3.63, 3.8) is 0 Å². The number of nitrogens with zero attached hydrogens (tertiary/aromatic N) is 5. The number of furan rings is 1. The summed E-state index contributed by atoms with van der Waals surface area (Å²) in [7, 11) is 1.90. The summed E-state index contributed by atoms with van der Waals surface area (Å²) in [6.45, 7) is 0. The van der Waals surface area contributed by atoms with Crippen molar-refractivity contribution in [1.29, 1.82) is 0 Å². The zero-order valence-corrected chi connectivity index (χ0v) is 13.2. The molecular formula is C17H12N6O2. The Kier molecular flexibility index (Phi) is 2.84. The van der Waals surface area contributed by atoms with Gasteiger partial charge >= 0.3 is 0 Å². The van der Waals surface area contributed by atoms with Gasteiger partial charge in [0.15, 0.2) is 0 Å². The first-order chi connectivity index (χ1) is 12.3. The SMILES string of the molecule is Cn1ncc2ccc(-c3noc(-c4cc(-c5ccoc5)n[nH]4)n3)cc21. The van der Waals surface area contributed by atoms with E-state index in [9.17, 15) is 0 Å². The molecule has 5 aromatic rings. The third-order valence-corrected chi connectivity index (χ3v) is 4.06. The molecular weight excluding hydrogens is 320 g/mol. The highest BCUT2D eigenvalue weighted by molar-refractivity contribution is 5.83. The van der Waals surface area contributed by atoms with E-state index in [4.69, 9.17) is 8.94 Å². The molecule has 0 bridgehead atoms. The molecule has 0 radical (unpaired) electrons. The second-order valence-corrected chi connectivity index (χ2v) is 5.64. The van der Waals surface area contributed by atoms with E-state index in [-0.39, 0.29) is 0 Å². The van der Waals surface area contributed by atoms with Crippen molar-refractivity contribution in [2.45, 2.75) is 0 Å². The number of hydrogen-bond donors (Lipinski definition) is 1. The first-order valence-electron chi connectivity index (χ1n) is 7.62. The number of fused-ring (bicyclic) bond motifs is 1. The second kappa shape index (κ2) is 5.17. The minimum absolute atomic E-state index is 0.377. The molecule has 0 unspecified atom stereocenters. The molecule has 8 heteroatoms. The zero-order valence-electron chi connectivity index (χ0n) is 13.2. The highest BCUT2D eigenvalue weighted by atomic mass is 16.5. The normalized spacial score (nSPS) is 11.4. The Hall–Kier alpha value is -3.68. The fourth-order valence-electron chi connectivity index (χ4n) is 2.72. The van der Waals surface area contributed by atoms with Crippen LogP contribution in [0.2, 0.25) is 0 Å². The average Bonchev–Trinajstić information content (AvgIpc) is 3.41. The van der Waals surface area contributed by atoms with E-state index in [2.05, 4.69) is 25.4 Å². The van der Waals surface area contributed by atoms with Crippen LogP contribution in [0.3, 0.4) is 0 Å². The minimum Gasteiger partial charge on any atom is -0.472 e. The van der Waals surface area contributed by atoms with Gasteiger partial charge in [0.1, 0.15) is 5.69 Å². The average molecular weight is 332 g/mol. The molecule has 0 aliphatic carbocycles. The molecule has 0 fully saturated rings. The van der Waals surface area contributed by atoms with Crippen LogP contribution in [-0.2, 0) is 7.05 Å². The number of benzene rings is 1. The van der Waals surface area contributed by atoms with E-state index in [1.807, 2.05) is 48.3 Å². The van der Waals surface area contributed by atoms with E-state index in [0.717, 1.165) is 27.7 Å². The molecule has 1 N–H and O–H groups in total. The van der Waals surface area contributed by atoms with Gasteiger partial charge in [0.25, 0.3) is 5.89 Å². The molecule has 8 nitrogen and oxygen atoms in total. The zero-order chi connectivity index (χ0) is 16.8. The van der Waals surface area contributed by atoms with Crippen LogP contribution in [0.5, 0.6) is 0 Å². The molecule has 0 spiro atoms. The topological polar surface area (TPSA) is 98.6 Å². The van der Waals surface area contributed by atoms with Crippen LogP contribution in [0.1, 0.15) is 0 Å². The fourth-order valence-corrected chi connectivity index (χ4v) is 2.72. The summed E-state index contributed by atoms with van der Waals surface area (Å²) < 4.78 is 12.3. The predicted octanol–water partition coefficient (Wildman–Crippen LogP) is 3.27. The van der Waals surface area contributed by atoms with Crippen molar-refractivity contribution in [3.8, 4) is 34.2 Å². The first-order valence-corrected chi connectivity index (χ1v) is 7.62. The maximum atomic E-state index is 5.38. The van der Waals surface area contributed by atoms with Crippen molar-refractivity contribution >= 4 is 10.9 Å². The summed E-state index contributed by atoms with van der Waals surface area (Å²) >= 11 is 0. The van der Waals surface area contributed by atoms with E-state index in [1.165, 1.54) is 0 Å². The molecule has 5 rings (SSSR count). The van der Waals surface area contributed by atoms with Gasteiger partial charge in [0, 0.05) is 23.6 Å². The van der Waals surface area contributed by atoms with E-state index in [1.54, 1.807) is 12.5 Å². The summed E-state index contributed by atoms with van der Waals surface area (Å²) in [5, 5.41) is 16.5. The molecule has 122 valence electrons. The monoisotopic (exact) mass is 332 g/mol.